The standard InChI is InChI=1S/C17H22FN3O2/c1-12-17(8-4-10-19-15(17)22)9-5-11-21(12)16(23)20-14-7-3-2-6-13(14)18/h2-3,6-7,12H,4-5,8-11H2,1H3,(H,19,22)(H,20,23)/t12-,17-/m0/s1. The molecule has 0 aromatic heterocycles. The topological polar surface area (TPSA) is 61.4 Å². The van der Waals surface area contributed by atoms with E-state index in [4.69, 9.17) is 0 Å². The van der Waals surface area contributed by atoms with Gasteiger partial charge < -0.3 is 15.5 Å². The summed E-state index contributed by atoms with van der Waals surface area (Å²) in [4.78, 5) is 26.7. The Kier molecular flexibility index (Phi) is 4.24. The Labute approximate surface area is 135 Å². The number of hydrogen-bond acceptors (Lipinski definition) is 2. The van der Waals surface area contributed by atoms with Crippen LogP contribution in [0.25, 0.3) is 0 Å². The number of rotatable bonds is 1. The van der Waals surface area contributed by atoms with Gasteiger partial charge in [-0.25, -0.2) is 9.18 Å². The molecule has 0 bridgehead atoms. The van der Waals surface area contributed by atoms with E-state index in [9.17, 15) is 14.0 Å². The van der Waals surface area contributed by atoms with E-state index in [0.29, 0.717) is 13.1 Å². The molecular formula is C17H22FN3O2. The van der Waals surface area contributed by atoms with E-state index in [1.165, 1.54) is 12.1 Å². The average Bonchev–Trinajstić information content (AvgIpc) is 2.54. The summed E-state index contributed by atoms with van der Waals surface area (Å²) in [5.41, 5.74) is -0.347. The van der Waals surface area contributed by atoms with Gasteiger partial charge in [-0.05, 0) is 44.7 Å². The molecule has 3 rings (SSSR count). The zero-order chi connectivity index (χ0) is 16.4. The van der Waals surface area contributed by atoms with Crippen LogP contribution < -0.4 is 10.6 Å². The number of halogens is 1. The number of urea groups is 1. The Morgan fingerprint density at radius 2 is 2.09 bits per heavy atom. The van der Waals surface area contributed by atoms with E-state index < -0.39 is 11.2 Å². The quantitative estimate of drug-likeness (QED) is 0.836. The van der Waals surface area contributed by atoms with Crippen molar-refractivity contribution < 1.29 is 14.0 Å². The first-order chi connectivity index (χ1) is 11.0. The van der Waals surface area contributed by atoms with Crippen LogP contribution in [-0.4, -0.2) is 36.0 Å². The summed E-state index contributed by atoms with van der Waals surface area (Å²) < 4.78 is 13.7. The fourth-order valence-electron chi connectivity index (χ4n) is 3.83. The number of nitrogens with one attached hydrogen (secondary N) is 2. The van der Waals surface area contributed by atoms with Crippen molar-refractivity contribution in [2.45, 2.75) is 38.6 Å². The van der Waals surface area contributed by atoms with Crippen molar-refractivity contribution in [1.29, 1.82) is 0 Å². The third-order valence-corrected chi connectivity index (χ3v) is 5.20. The van der Waals surface area contributed by atoms with Crippen LogP contribution in [0.5, 0.6) is 0 Å². The number of hydrogen-bond donors (Lipinski definition) is 2. The van der Waals surface area contributed by atoms with Crippen molar-refractivity contribution >= 4 is 17.6 Å². The monoisotopic (exact) mass is 319 g/mol. The molecule has 0 aliphatic carbocycles. The summed E-state index contributed by atoms with van der Waals surface area (Å²) in [7, 11) is 0. The molecule has 0 unspecified atom stereocenters. The summed E-state index contributed by atoms with van der Waals surface area (Å²) in [5, 5.41) is 5.56. The van der Waals surface area contributed by atoms with E-state index in [0.717, 1.165) is 25.7 Å². The van der Waals surface area contributed by atoms with Crippen molar-refractivity contribution in [2.75, 3.05) is 18.4 Å². The van der Waals surface area contributed by atoms with Crippen molar-refractivity contribution in [3.63, 3.8) is 0 Å². The molecule has 23 heavy (non-hydrogen) atoms. The van der Waals surface area contributed by atoms with Crippen LogP contribution >= 0.6 is 0 Å². The second-order valence-corrected chi connectivity index (χ2v) is 6.40. The van der Waals surface area contributed by atoms with Crippen LogP contribution in [0.2, 0.25) is 0 Å². The van der Waals surface area contributed by atoms with Gasteiger partial charge in [-0.3, -0.25) is 4.79 Å². The smallest absolute Gasteiger partial charge is 0.322 e. The number of nitrogens with zero attached hydrogens (tertiary/aromatic N) is 1. The summed E-state index contributed by atoms with van der Waals surface area (Å²) >= 11 is 0. The lowest BCUT2D eigenvalue weighted by atomic mass is 9.68. The molecule has 2 saturated heterocycles. The van der Waals surface area contributed by atoms with Gasteiger partial charge in [-0.15, -0.1) is 0 Å². The van der Waals surface area contributed by atoms with Crippen LogP contribution in [0, 0.1) is 11.2 Å². The average molecular weight is 319 g/mol. The minimum atomic E-state index is -0.511. The molecule has 2 atom stereocenters. The minimum absolute atomic E-state index is 0.0413. The predicted octanol–water partition coefficient (Wildman–Crippen LogP) is 2.74. The molecule has 2 N–H and O–H groups in total. The summed E-state index contributed by atoms with van der Waals surface area (Å²) in [6.45, 7) is 3.20. The molecular weight excluding hydrogens is 297 g/mol. The highest BCUT2D eigenvalue weighted by Crippen LogP contribution is 2.42. The fourth-order valence-corrected chi connectivity index (χ4v) is 3.83. The zero-order valence-electron chi connectivity index (χ0n) is 13.3. The normalized spacial score (nSPS) is 27.7. The highest BCUT2D eigenvalue weighted by molar-refractivity contribution is 5.91. The lowest BCUT2D eigenvalue weighted by molar-refractivity contribution is -0.140. The molecule has 6 heteroatoms. The number of likely N-dealkylation sites (tertiary alicyclic amines) is 1. The summed E-state index contributed by atoms with van der Waals surface area (Å²) in [6.07, 6.45) is 3.30. The van der Waals surface area contributed by atoms with Crippen LogP contribution in [0.1, 0.15) is 32.6 Å². The number of carbonyl (C=O) groups excluding carboxylic acids is 2. The second-order valence-electron chi connectivity index (χ2n) is 6.40. The van der Waals surface area contributed by atoms with E-state index >= 15 is 0 Å². The molecule has 3 amide bonds. The lowest BCUT2D eigenvalue weighted by Gasteiger charge is -2.49. The molecule has 5 nitrogen and oxygen atoms in total. The lowest BCUT2D eigenvalue weighted by Crippen LogP contribution is -2.61. The van der Waals surface area contributed by atoms with Gasteiger partial charge in [-0.2, -0.15) is 0 Å². The van der Waals surface area contributed by atoms with Gasteiger partial charge in [0, 0.05) is 19.1 Å². The predicted molar refractivity (Wildman–Crippen MR) is 85.5 cm³/mol. The third-order valence-electron chi connectivity index (χ3n) is 5.20. The molecule has 1 spiro atoms. The van der Waals surface area contributed by atoms with E-state index in [1.807, 2.05) is 6.92 Å². The van der Waals surface area contributed by atoms with Gasteiger partial charge >= 0.3 is 6.03 Å². The van der Waals surface area contributed by atoms with Gasteiger partial charge in [0.2, 0.25) is 5.91 Å². The highest BCUT2D eigenvalue weighted by Gasteiger charge is 2.50. The Bertz CT molecular complexity index is 618. The number of benzene rings is 1. The largest absolute Gasteiger partial charge is 0.356 e. The first kappa shape index (κ1) is 15.8. The number of piperidine rings is 2. The molecule has 2 aliphatic heterocycles. The third kappa shape index (κ3) is 2.78. The van der Waals surface area contributed by atoms with Gasteiger partial charge in [-0.1, -0.05) is 12.1 Å². The first-order valence-electron chi connectivity index (χ1n) is 8.15. The molecule has 1 aromatic carbocycles. The Hall–Kier alpha value is -2.11. The van der Waals surface area contributed by atoms with Crippen LogP contribution in [0.3, 0.4) is 0 Å². The second kappa shape index (κ2) is 6.18. The summed E-state index contributed by atoms with van der Waals surface area (Å²) in [5.74, 6) is -0.421. The molecule has 1 aromatic rings. The fraction of sp³-hybridized carbons (Fsp3) is 0.529. The summed E-state index contributed by atoms with van der Waals surface area (Å²) in [6, 6.07) is 5.55. The molecule has 2 heterocycles. The van der Waals surface area contributed by atoms with Crippen LogP contribution in [-0.2, 0) is 4.79 Å². The highest BCUT2D eigenvalue weighted by atomic mass is 19.1. The van der Waals surface area contributed by atoms with Crippen molar-refractivity contribution in [2.24, 2.45) is 5.41 Å². The maximum absolute atomic E-state index is 13.7. The number of para-hydroxylation sites is 1. The van der Waals surface area contributed by atoms with Gasteiger partial charge in [0.15, 0.2) is 0 Å². The number of anilines is 1. The Morgan fingerprint density at radius 3 is 2.83 bits per heavy atom. The Balaban J connectivity index is 1.78. The number of amides is 3. The number of carbonyl (C=O) groups is 2. The van der Waals surface area contributed by atoms with Crippen LogP contribution in [0.4, 0.5) is 14.9 Å². The maximum Gasteiger partial charge on any atom is 0.322 e. The van der Waals surface area contributed by atoms with Crippen molar-refractivity contribution in [1.82, 2.24) is 10.2 Å². The van der Waals surface area contributed by atoms with E-state index in [2.05, 4.69) is 10.6 Å². The molecule has 2 fully saturated rings. The SMILES string of the molecule is C[C@@H]1N(C(=O)Nc2ccccc2F)CCC[C@@]12CCCNC2=O. The van der Waals surface area contributed by atoms with Crippen molar-refractivity contribution in [3.8, 4) is 0 Å². The van der Waals surface area contributed by atoms with Gasteiger partial charge in [0.1, 0.15) is 5.82 Å². The van der Waals surface area contributed by atoms with Crippen molar-refractivity contribution in [3.05, 3.63) is 30.1 Å². The minimum Gasteiger partial charge on any atom is -0.356 e. The molecule has 124 valence electrons. The van der Waals surface area contributed by atoms with Gasteiger partial charge in [0.25, 0.3) is 0 Å². The Morgan fingerprint density at radius 1 is 1.35 bits per heavy atom. The van der Waals surface area contributed by atoms with Crippen LogP contribution in [0.15, 0.2) is 24.3 Å². The van der Waals surface area contributed by atoms with E-state index in [1.54, 1.807) is 17.0 Å². The first-order valence-corrected chi connectivity index (χ1v) is 8.15. The molecule has 0 radical (unpaired) electrons. The molecule has 0 saturated carbocycles. The van der Waals surface area contributed by atoms with E-state index in [-0.39, 0.29) is 23.7 Å². The zero-order valence-corrected chi connectivity index (χ0v) is 13.3. The maximum atomic E-state index is 13.7. The molecule has 2 aliphatic rings. The van der Waals surface area contributed by atoms with Gasteiger partial charge in [0.05, 0.1) is 11.1 Å².